The number of fused-ring (bicyclic) bond motifs is 1. The molecule has 1 aromatic heterocycles. The fraction of sp³-hybridized carbons (Fsp3) is 0.150. The Kier molecular flexibility index (Phi) is 5.53. The maximum absolute atomic E-state index is 12.9. The van der Waals surface area contributed by atoms with Crippen molar-refractivity contribution >= 4 is 41.1 Å². The number of anilines is 1. The Morgan fingerprint density at radius 2 is 1.77 bits per heavy atom. The number of carboxylic acid groups (broad SMARTS) is 1. The van der Waals surface area contributed by atoms with Crippen LogP contribution in [0.1, 0.15) is 15.9 Å². The average molecular weight is 366 g/mol. The molecule has 5 nitrogen and oxygen atoms in total. The summed E-state index contributed by atoms with van der Waals surface area (Å²) in [6.07, 6.45) is 0.216. The number of aromatic nitrogens is 1. The second-order valence-corrected chi connectivity index (χ2v) is 6.25. The fourth-order valence-corrected chi connectivity index (χ4v) is 2.91. The van der Waals surface area contributed by atoms with Gasteiger partial charge in [-0.3, -0.25) is 4.79 Å². The number of benzene rings is 2. The number of rotatable bonds is 7. The Morgan fingerprint density at radius 3 is 2.46 bits per heavy atom. The van der Waals surface area contributed by atoms with Crippen LogP contribution in [0.3, 0.4) is 0 Å². The van der Waals surface area contributed by atoms with Crippen molar-refractivity contribution in [3.8, 4) is 0 Å². The predicted molar refractivity (Wildman–Crippen MR) is 105 cm³/mol. The van der Waals surface area contributed by atoms with Gasteiger partial charge in [0.25, 0.3) is 0 Å². The Labute approximate surface area is 156 Å². The number of nitrogens with zero attached hydrogens (tertiary/aromatic N) is 1. The summed E-state index contributed by atoms with van der Waals surface area (Å²) in [5, 5.41) is 13.0. The number of carbonyl (C=O) groups excluding carboxylic acids is 1. The summed E-state index contributed by atoms with van der Waals surface area (Å²) in [7, 11) is 0. The zero-order valence-electron chi connectivity index (χ0n) is 13.9. The molecule has 3 aromatic rings. The molecule has 0 fully saturated rings. The average Bonchev–Trinajstić information content (AvgIpc) is 2.65. The molecule has 0 aliphatic rings. The van der Waals surface area contributed by atoms with E-state index < -0.39 is 12.0 Å². The maximum Gasteiger partial charge on any atom is 0.327 e. The van der Waals surface area contributed by atoms with Gasteiger partial charge in [0.15, 0.2) is 5.78 Å². The van der Waals surface area contributed by atoms with Crippen molar-refractivity contribution in [2.24, 2.45) is 0 Å². The summed E-state index contributed by atoms with van der Waals surface area (Å²) in [5.41, 5.74) is 1.95. The molecule has 6 heteroatoms. The monoisotopic (exact) mass is 366 g/mol. The predicted octanol–water partition coefficient (Wildman–Crippen LogP) is 3.46. The third-order valence-electron chi connectivity index (χ3n) is 4.02. The minimum Gasteiger partial charge on any atom is -0.480 e. The van der Waals surface area contributed by atoms with E-state index in [1.807, 2.05) is 54.6 Å². The van der Waals surface area contributed by atoms with E-state index in [4.69, 9.17) is 0 Å². The van der Waals surface area contributed by atoms with Crippen LogP contribution in [0.4, 0.5) is 5.82 Å². The van der Waals surface area contributed by atoms with Crippen molar-refractivity contribution in [2.45, 2.75) is 12.5 Å². The number of aliphatic carboxylic acids is 1. The molecule has 0 amide bonds. The van der Waals surface area contributed by atoms with Crippen molar-refractivity contribution in [3.05, 3.63) is 71.8 Å². The van der Waals surface area contributed by atoms with Crippen LogP contribution in [0.5, 0.6) is 0 Å². The Morgan fingerprint density at radius 1 is 1.08 bits per heavy atom. The van der Waals surface area contributed by atoms with Gasteiger partial charge in [-0.2, -0.15) is 12.6 Å². The van der Waals surface area contributed by atoms with Crippen molar-refractivity contribution in [2.75, 3.05) is 11.1 Å². The van der Waals surface area contributed by atoms with Gasteiger partial charge in [0.05, 0.1) is 11.1 Å². The summed E-state index contributed by atoms with van der Waals surface area (Å²) in [4.78, 5) is 28.7. The van der Waals surface area contributed by atoms with Gasteiger partial charge in [-0.25, -0.2) is 9.78 Å². The van der Waals surface area contributed by atoms with Gasteiger partial charge in [-0.05, 0) is 17.7 Å². The molecule has 0 aliphatic carbocycles. The number of hydrogen-bond acceptors (Lipinski definition) is 5. The minimum absolute atomic E-state index is 0.0795. The third kappa shape index (κ3) is 4.03. The molecule has 0 spiro atoms. The fourth-order valence-electron chi connectivity index (χ4n) is 2.67. The summed E-state index contributed by atoms with van der Waals surface area (Å²) in [6, 6.07) is 17.6. The van der Waals surface area contributed by atoms with E-state index in [0.29, 0.717) is 11.1 Å². The van der Waals surface area contributed by atoms with E-state index in [1.54, 1.807) is 6.07 Å². The van der Waals surface area contributed by atoms with Crippen LogP contribution in [0, 0.1) is 0 Å². The van der Waals surface area contributed by atoms with E-state index in [9.17, 15) is 14.7 Å². The molecule has 1 unspecified atom stereocenters. The second-order valence-electron chi connectivity index (χ2n) is 5.88. The molecule has 3 rings (SSSR count). The normalized spacial score (nSPS) is 11.9. The second kappa shape index (κ2) is 8.01. The molecule has 26 heavy (non-hydrogen) atoms. The lowest BCUT2D eigenvalue weighted by Crippen LogP contribution is -2.32. The van der Waals surface area contributed by atoms with Crippen LogP contribution < -0.4 is 5.32 Å². The van der Waals surface area contributed by atoms with Crippen LogP contribution in [0.25, 0.3) is 10.9 Å². The smallest absolute Gasteiger partial charge is 0.327 e. The highest BCUT2D eigenvalue weighted by molar-refractivity contribution is 7.80. The van der Waals surface area contributed by atoms with Gasteiger partial charge in [0.2, 0.25) is 0 Å². The Bertz CT molecular complexity index is 944. The summed E-state index contributed by atoms with van der Waals surface area (Å²) in [5.74, 6) is -0.821. The SMILES string of the molecule is O=C(Cc1ccccc1)c1cc2ccccc2nc1NC(CS)C(=O)O. The number of carbonyl (C=O) groups is 2. The van der Waals surface area contributed by atoms with Gasteiger partial charge in [0, 0.05) is 17.6 Å². The van der Waals surface area contributed by atoms with Crippen LogP contribution in [-0.4, -0.2) is 33.6 Å². The lowest BCUT2D eigenvalue weighted by atomic mass is 10.0. The van der Waals surface area contributed by atoms with Crippen molar-refractivity contribution in [1.29, 1.82) is 0 Å². The molecule has 0 bridgehead atoms. The zero-order valence-corrected chi connectivity index (χ0v) is 14.8. The number of para-hydroxylation sites is 1. The van der Waals surface area contributed by atoms with Crippen LogP contribution in [-0.2, 0) is 11.2 Å². The maximum atomic E-state index is 12.9. The summed E-state index contributed by atoms with van der Waals surface area (Å²) in [6.45, 7) is 0. The number of carboxylic acids is 1. The minimum atomic E-state index is -1.04. The highest BCUT2D eigenvalue weighted by Gasteiger charge is 2.21. The number of pyridine rings is 1. The highest BCUT2D eigenvalue weighted by Crippen LogP contribution is 2.23. The number of hydrogen-bond donors (Lipinski definition) is 3. The van der Waals surface area contributed by atoms with Gasteiger partial charge in [-0.15, -0.1) is 0 Å². The van der Waals surface area contributed by atoms with E-state index in [0.717, 1.165) is 10.9 Å². The van der Waals surface area contributed by atoms with Crippen LogP contribution in [0.15, 0.2) is 60.7 Å². The molecule has 0 saturated carbocycles. The number of thiol groups is 1. The van der Waals surface area contributed by atoms with Gasteiger partial charge < -0.3 is 10.4 Å². The van der Waals surface area contributed by atoms with Crippen molar-refractivity contribution in [1.82, 2.24) is 4.98 Å². The molecule has 1 heterocycles. The van der Waals surface area contributed by atoms with Crippen LogP contribution in [0.2, 0.25) is 0 Å². The van der Waals surface area contributed by atoms with E-state index in [-0.39, 0.29) is 23.8 Å². The largest absolute Gasteiger partial charge is 0.480 e. The van der Waals surface area contributed by atoms with E-state index >= 15 is 0 Å². The molecule has 0 radical (unpaired) electrons. The van der Waals surface area contributed by atoms with Gasteiger partial charge >= 0.3 is 5.97 Å². The Hall–Kier alpha value is -2.86. The molecule has 0 saturated heterocycles. The van der Waals surface area contributed by atoms with Gasteiger partial charge in [-0.1, -0.05) is 48.5 Å². The highest BCUT2D eigenvalue weighted by atomic mass is 32.1. The van der Waals surface area contributed by atoms with Crippen LogP contribution >= 0.6 is 12.6 Å². The number of Topliss-reactive ketones (excluding diaryl/α,β-unsaturated/α-hetero) is 1. The molecule has 1 atom stereocenters. The van der Waals surface area contributed by atoms with Crippen molar-refractivity contribution < 1.29 is 14.7 Å². The third-order valence-corrected chi connectivity index (χ3v) is 4.39. The molecular weight excluding hydrogens is 348 g/mol. The molecule has 2 N–H and O–H groups in total. The Balaban J connectivity index is 2.01. The van der Waals surface area contributed by atoms with Gasteiger partial charge in [0.1, 0.15) is 11.9 Å². The first-order valence-electron chi connectivity index (χ1n) is 8.15. The quantitative estimate of drug-likeness (QED) is 0.441. The molecule has 132 valence electrons. The molecule has 2 aromatic carbocycles. The first kappa shape index (κ1) is 17.9. The molecular formula is C20H18N2O3S. The topological polar surface area (TPSA) is 79.3 Å². The number of ketones is 1. The first-order chi connectivity index (χ1) is 12.6. The standard InChI is InChI=1S/C20H18N2O3S/c23-18(10-13-6-2-1-3-7-13)15-11-14-8-4-5-9-16(14)21-19(15)22-17(12-26)20(24)25/h1-9,11,17,26H,10,12H2,(H,21,22)(H,24,25). The lowest BCUT2D eigenvalue weighted by Gasteiger charge is -2.16. The number of nitrogens with one attached hydrogen (secondary N) is 1. The van der Waals surface area contributed by atoms with E-state index in [1.165, 1.54) is 0 Å². The molecule has 0 aliphatic heterocycles. The summed E-state index contributed by atoms with van der Waals surface area (Å²) >= 11 is 4.07. The lowest BCUT2D eigenvalue weighted by molar-refractivity contribution is -0.137. The van der Waals surface area contributed by atoms with Crippen molar-refractivity contribution in [3.63, 3.8) is 0 Å². The summed E-state index contributed by atoms with van der Waals surface area (Å²) < 4.78 is 0. The van der Waals surface area contributed by atoms with E-state index in [2.05, 4.69) is 22.9 Å². The zero-order chi connectivity index (χ0) is 18.5. The first-order valence-corrected chi connectivity index (χ1v) is 8.79.